The average Bonchev–Trinajstić information content (AvgIpc) is 2.92. The van der Waals surface area contributed by atoms with E-state index in [1.807, 2.05) is 48.3 Å². The van der Waals surface area contributed by atoms with Crippen molar-refractivity contribution in [3.8, 4) is 0 Å². The minimum Gasteiger partial charge on any atom is -0.332 e. The van der Waals surface area contributed by atoms with Crippen molar-refractivity contribution in [3.05, 3.63) is 85.5 Å². The van der Waals surface area contributed by atoms with Crippen LogP contribution in [-0.2, 0) is 0 Å². The molecule has 0 saturated heterocycles. The first-order valence-corrected chi connectivity index (χ1v) is 14.4. The van der Waals surface area contributed by atoms with Gasteiger partial charge in [-0.2, -0.15) is 0 Å². The number of anilines is 4. The van der Waals surface area contributed by atoms with E-state index in [1.54, 1.807) is 0 Å². The Bertz CT molecular complexity index is 1240. The highest BCUT2D eigenvalue weighted by Gasteiger charge is 2.36. The van der Waals surface area contributed by atoms with E-state index in [-0.39, 0.29) is 0 Å². The third-order valence-corrected chi connectivity index (χ3v) is 10.3. The largest absolute Gasteiger partial charge is 0.332 e. The molecule has 7 heteroatoms. The molecule has 2 aromatic heterocycles. The number of para-hydroxylation sites is 2. The molecule has 0 aliphatic carbocycles. The first-order valence-electron chi connectivity index (χ1n) is 12.7. The molecule has 4 aromatic rings. The van der Waals surface area contributed by atoms with Crippen LogP contribution >= 0.6 is 23.5 Å². The lowest BCUT2D eigenvalue weighted by atomic mass is 10.1. The van der Waals surface area contributed by atoms with Crippen LogP contribution in [0.25, 0.3) is 0 Å². The molecule has 0 spiro atoms. The zero-order valence-corrected chi connectivity index (χ0v) is 23.3. The van der Waals surface area contributed by atoms with Gasteiger partial charge in [0.1, 0.15) is 12.1 Å². The maximum atomic E-state index is 4.47. The zero-order chi connectivity index (χ0) is 25.6. The van der Waals surface area contributed by atoms with Crippen molar-refractivity contribution < 1.29 is 4.48 Å². The summed E-state index contributed by atoms with van der Waals surface area (Å²) < 4.78 is 0.892. The van der Waals surface area contributed by atoms with Crippen LogP contribution in [0.1, 0.15) is 13.8 Å². The third kappa shape index (κ3) is 4.39. The summed E-state index contributed by atoms with van der Waals surface area (Å²) in [4.78, 5) is 19.0. The molecule has 37 heavy (non-hydrogen) atoms. The predicted molar refractivity (Wildman–Crippen MR) is 155 cm³/mol. The van der Waals surface area contributed by atoms with Gasteiger partial charge in [-0.05, 0) is 50.2 Å². The molecule has 2 atom stereocenters. The summed E-state index contributed by atoms with van der Waals surface area (Å²) in [6.45, 7) is 6.59. The molecule has 0 bridgehead atoms. The van der Waals surface area contributed by atoms with Crippen molar-refractivity contribution in [1.82, 2.24) is 9.97 Å². The van der Waals surface area contributed by atoms with Crippen LogP contribution in [-0.4, -0.2) is 53.7 Å². The maximum absolute atomic E-state index is 4.47. The fourth-order valence-electron chi connectivity index (χ4n) is 5.13. The summed E-state index contributed by atoms with van der Waals surface area (Å²) in [5.74, 6) is 0. The maximum Gasteiger partial charge on any atom is 0.104 e. The monoisotopic (exact) mass is 526 g/mol. The number of quaternary nitrogens is 1. The van der Waals surface area contributed by atoms with E-state index in [0.717, 1.165) is 17.6 Å². The van der Waals surface area contributed by atoms with E-state index in [4.69, 9.17) is 0 Å². The molecule has 2 aromatic carbocycles. The Morgan fingerprint density at radius 1 is 0.622 bits per heavy atom. The van der Waals surface area contributed by atoms with Crippen LogP contribution in [0.3, 0.4) is 0 Å². The summed E-state index contributed by atoms with van der Waals surface area (Å²) >= 11 is 3.67. The summed E-state index contributed by atoms with van der Waals surface area (Å²) in [5.41, 5.74) is 4.95. The lowest BCUT2D eigenvalue weighted by molar-refractivity contribution is -0.931. The van der Waals surface area contributed by atoms with Gasteiger partial charge in [-0.1, -0.05) is 47.8 Å². The van der Waals surface area contributed by atoms with Crippen LogP contribution in [0.4, 0.5) is 22.7 Å². The number of hydrogen-bond donors (Lipinski definition) is 0. The molecule has 5 nitrogen and oxygen atoms in total. The van der Waals surface area contributed by atoms with Gasteiger partial charge < -0.3 is 14.3 Å². The van der Waals surface area contributed by atoms with Gasteiger partial charge in [-0.3, -0.25) is 9.97 Å². The Morgan fingerprint density at radius 2 is 1.03 bits per heavy atom. The van der Waals surface area contributed by atoms with E-state index in [1.165, 1.54) is 42.3 Å². The Hall–Kier alpha value is -3.00. The highest BCUT2D eigenvalue weighted by Crippen LogP contribution is 2.49. The minimum atomic E-state index is 0.377. The number of nitrogens with zero attached hydrogens (tertiary/aromatic N) is 5. The Morgan fingerprint density at radius 3 is 1.49 bits per heavy atom. The molecule has 0 saturated carbocycles. The molecule has 4 heterocycles. The molecule has 2 unspecified atom stereocenters. The quantitative estimate of drug-likeness (QED) is 0.246. The van der Waals surface area contributed by atoms with Gasteiger partial charge in [0.2, 0.25) is 0 Å². The van der Waals surface area contributed by atoms with Crippen LogP contribution in [0, 0.1) is 0 Å². The minimum absolute atomic E-state index is 0.377. The van der Waals surface area contributed by atoms with Gasteiger partial charge >= 0.3 is 0 Å². The fraction of sp³-hybridized carbons (Fsp3) is 0.267. The van der Waals surface area contributed by atoms with Crippen molar-refractivity contribution in [2.75, 3.05) is 37.0 Å². The second-order valence-corrected chi connectivity index (χ2v) is 12.5. The van der Waals surface area contributed by atoms with Crippen LogP contribution < -0.4 is 9.80 Å². The molecule has 0 radical (unpaired) electrons. The first kappa shape index (κ1) is 24.3. The van der Waals surface area contributed by atoms with Gasteiger partial charge in [0.05, 0.1) is 62.3 Å². The average molecular weight is 527 g/mol. The molecular formula is C30H32N5S2+. The van der Waals surface area contributed by atoms with Gasteiger partial charge in [-0.25, -0.2) is 0 Å². The highest BCUT2D eigenvalue weighted by molar-refractivity contribution is 8.00. The van der Waals surface area contributed by atoms with Gasteiger partial charge in [0, 0.05) is 32.0 Å². The Kier molecular flexibility index (Phi) is 6.39. The van der Waals surface area contributed by atoms with E-state index in [2.05, 4.69) is 108 Å². The van der Waals surface area contributed by atoms with Crippen LogP contribution in [0.5, 0.6) is 0 Å². The molecule has 188 valence electrons. The lowest BCUT2D eigenvalue weighted by Gasteiger charge is -2.46. The molecule has 2 aliphatic heterocycles. The summed E-state index contributed by atoms with van der Waals surface area (Å²) in [7, 11) is 4.75. The molecule has 0 fully saturated rings. The van der Waals surface area contributed by atoms with Gasteiger partial charge in [0.15, 0.2) is 0 Å². The fourth-order valence-corrected chi connectivity index (χ4v) is 7.26. The molecule has 0 N–H and O–H groups in total. The zero-order valence-electron chi connectivity index (χ0n) is 21.7. The van der Waals surface area contributed by atoms with Crippen molar-refractivity contribution >= 4 is 46.3 Å². The highest BCUT2D eigenvalue weighted by atomic mass is 32.2. The van der Waals surface area contributed by atoms with Gasteiger partial charge in [0.25, 0.3) is 0 Å². The first-order chi connectivity index (χ1) is 17.9. The Labute approximate surface area is 228 Å². The number of benzene rings is 2. The normalized spacial score (nSPS) is 15.8. The van der Waals surface area contributed by atoms with E-state index in [9.17, 15) is 0 Å². The number of fused-ring (bicyclic) bond motifs is 4. The van der Waals surface area contributed by atoms with E-state index in [0.29, 0.717) is 12.1 Å². The summed E-state index contributed by atoms with van der Waals surface area (Å²) in [5, 5.41) is 0. The van der Waals surface area contributed by atoms with Crippen molar-refractivity contribution in [3.63, 3.8) is 0 Å². The third-order valence-electron chi connectivity index (χ3n) is 8.02. The molecule has 0 amide bonds. The van der Waals surface area contributed by atoms with Crippen molar-refractivity contribution in [2.45, 2.75) is 45.5 Å². The standard InChI is InChI=1S/C30H32N5S2/c1-21(19-33-23-9-5-7-11-27(23)36-29-13-15-31-17-25(29)33)35(3,4)22(2)20-34-24-10-6-8-12-28(24)37-30-14-16-32-18-26(30)34/h5-18,21-22H,19-20H2,1-4H3/q+1. The predicted octanol–water partition coefficient (Wildman–Crippen LogP) is 7.24. The van der Waals surface area contributed by atoms with E-state index < -0.39 is 0 Å². The lowest BCUT2D eigenvalue weighted by Crippen LogP contribution is -2.59. The van der Waals surface area contributed by atoms with Gasteiger partial charge in [-0.15, -0.1) is 0 Å². The van der Waals surface area contributed by atoms with E-state index >= 15 is 0 Å². The second kappa shape index (κ2) is 9.71. The molecule has 6 rings (SSSR count). The number of hydrogen-bond acceptors (Lipinski definition) is 6. The number of likely N-dealkylation sites (N-methyl/N-ethyl adjacent to an activating group) is 1. The van der Waals surface area contributed by atoms with Crippen molar-refractivity contribution in [1.29, 1.82) is 0 Å². The molecular weight excluding hydrogens is 494 g/mol. The summed E-state index contributed by atoms with van der Waals surface area (Å²) in [6.07, 6.45) is 7.82. The second-order valence-electron chi connectivity index (χ2n) is 10.4. The smallest absolute Gasteiger partial charge is 0.104 e. The number of aromatic nitrogens is 2. The molecule has 2 aliphatic rings. The van der Waals surface area contributed by atoms with Crippen LogP contribution in [0.15, 0.2) is 105 Å². The topological polar surface area (TPSA) is 32.3 Å². The number of pyridine rings is 2. The van der Waals surface area contributed by atoms with Crippen LogP contribution in [0.2, 0.25) is 0 Å². The SMILES string of the molecule is CC(CN1c2ccccc2Sc2ccncc21)[N+](C)(C)C(C)CN1c2ccccc2Sc2ccncc21. The number of rotatable bonds is 6. The Balaban J connectivity index is 1.28. The summed E-state index contributed by atoms with van der Waals surface area (Å²) in [6, 6.07) is 22.5. The van der Waals surface area contributed by atoms with Crippen molar-refractivity contribution in [2.24, 2.45) is 0 Å².